The minimum Gasteiger partial charge on any atom is -0.352 e. The number of nitrogens with one attached hydrogen (secondary N) is 1. The van der Waals surface area contributed by atoms with Gasteiger partial charge >= 0.3 is 0 Å². The molecule has 1 fully saturated rings. The van der Waals surface area contributed by atoms with Gasteiger partial charge in [0.05, 0.1) is 12.3 Å². The van der Waals surface area contributed by atoms with Crippen molar-refractivity contribution in [1.82, 2.24) is 10.2 Å². The highest BCUT2D eigenvalue weighted by atomic mass is 32.2. The molecule has 0 aliphatic carbocycles. The predicted molar refractivity (Wildman–Crippen MR) is 85.4 cm³/mol. The van der Waals surface area contributed by atoms with Crippen molar-refractivity contribution in [3.63, 3.8) is 0 Å². The third-order valence-corrected chi connectivity index (χ3v) is 4.11. The van der Waals surface area contributed by atoms with E-state index in [9.17, 15) is 14.4 Å². The molecule has 6 nitrogen and oxygen atoms in total. The van der Waals surface area contributed by atoms with Gasteiger partial charge in [0.15, 0.2) is 0 Å². The molecule has 1 aliphatic heterocycles. The van der Waals surface area contributed by atoms with Crippen LogP contribution in [0.4, 0.5) is 4.79 Å². The Kier molecular flexibility index (Phi) is 5.57. The average molecular weight is 321 g/mol. The fourth-order valence-electron chi connectivity index (χ4n) is 2.04. The summed E-state index contributed by atoms with van der Waals surface area (Å²) in [7, 11) is 0. The summed E-state index contributed by atoms with van der Waals surface area (Å²) in [6.45, 7) is 2.60. The van der Waals surface area contributed by atoms with Gasteiger partial charge in [0.25, 0.3) is 11.1 Å². The lowest BCUT2D eigenvalue weighted by atomic mass is 10.1. The Morgan fingerprint density at radius 3 is 2.86 bits per heavy atom. The van der Waals surface area contributed by atoms with Crippen LogP contribution >= 0.6 is 11.8 Å². The zero-order valence-corrected chi connectivity index (χ0v) is 13.2. The molecule has 0 saturated carbocycles. The molecule has 2 rings (SSSR count). The van der Waals surface area contributed by atoms with Crippen LogP contribution in [-0.2, 0) is 11.3 Å². The molecule has 3 N–H and O–H groups in total. The van der Waals surface area contributed by atoms with Gasteiger partial charge in [0, 0.05) is 18.2 Å². The van der Waals surface area contributed by atoms with Crippen molar-refractivity contribution in [2.75, 3.05) is 12.3 Å². The summed E-state index contributed by atoms with van der Waals surface area (Å²) in [6, 6.07) is 6.98. The second-order valence-corrected chi connectivity index (χ2v) is 6.18. The third kappa shape index (κ3) is 4.32. The van der Waals surface area contributed by atoms with Crippen LogP contribution in [-0.4, -0.2) is 40.3 Å². The minimum absolute atomic E-state index is 0.0383. The highest BCUT2D eigenvalue weighted by Gasteiger charge is 2.29. The van der Waals surface area contributed by atoms with Gasteiger partial charge in [-0.3, -0.25) is 19.3 Å². The van der Waals surface area contributed by atoms with Crippen molar-refractivity contribution < 1.29 is 14.4 Å². The van der Waals surface area contributed by atoms with Gasteiger partial charge in [-0.1, -0.05) is 23.9 Å². The van der Waals surface area contributed by atoms with Crippen molar-refractivity contribution in [2.45, 2.75) is 25.9 Å². The van der Waals surface area contributed by atoms with Crippen molar-refractivity contribution in [2.24, 2.45) is 5.73 Å². The third-order valence-electron chi connectivity index (χ3n) is 3.26. The van der Waals surface area contributed by atoms with Gasteiger partial charge in [-0.2, -0.15) is 0 Å². The fraction of sp³-hybridized carbons (Fsp3) is 0.400. The maximum atomic E-state index is 12.0. The summed E-state index contributed by atoms with van der Waals surface area (Å²) in [4.78, 5) is 36.4. The van der Waals surface area contributed by atoms with Gasteiger partial charge in [0.2, 0.25) is 5.91 Å². The Bertz CT molecular complexity index is 573. The molecule has 0 spiro atoms. The summed E-state index contributed by atoms with van der Waals surface area (Å²) in [6.07, 6.45) is 0.708. The van der Waals surface area contributed by atoms with Crippen molar-refractivity contribution in [1.29, 1.82) is 0 Å². The normalized spacial score (nSPS) is 16.0. The SMILES string of the molecule is CC(N)CCNC(=O)c1cccc(CN2C(=O)CSC2=O)c1. The minimum atomic E-state index is -0.239. The van der Waals surface area contributed by atoms with Gasteiger partial charge in [-0.15, -0.1) is 0 Å². The summed E-state index contributed by atoms with van der Waals surface area (Å²) in [5.74, 6) is -0.186. The molecule has 1 saturated heterocycles. The standard InChI is InChI=1S/C15H19N3O3S/c1-10(16)5-6-17-14(20)12-4-2-3-11(7-12)8-18-13(19)9-22-15(18)21/h2-4,7,10H,5-6,8-9,16H2,1H3,(H,17,20). The first-order valence-corrected chi connectivity index (χ1v) is 8.06. The van der Waals surface area contributed by atoms with Gasteiger partial charge in [0.1, 0.15) is 0 Å². The van der Waals surface area contributed by atoms with Crippen LogP contribution in [0.5, 0.6) is 0 Å². The smallest absolute Gasteiger partial charge is 0.289 e. The highest BCUT2D eigenvalue weighted by Crippen LogP contribution is 2.21. The predicted octanol–water partition coefficient (Wildman–Crippen LogP) is 1.35. The van der Waals surface area contributed by atoms with E-state index < -0.39 is 0 Å². The molecule has 22 heavy (non-hydrogen) atoms. The number of amides is 3. The summed E-state index contributed by atoms with van der Waals surface area (Å²) < 4.78 is 0. The first kappa shape index (κ1) is 16.5. The maximum absolute atomic E-state index is 12.0. The van der Waals surface area contributed by atoms with Gasteiger partial charge in [-0.05, 0) is 31.0 Å². The van der Waals surface area contributed by atoms with Crippen LogP contribution in [0.15, 0.2) is 24.3 Å². The monoisotopic (exact) mass is 321 g/mol. The maximum Gasteiger partial charge on any atom is 0.289 e. The zero-order valence-electron chi connectivity index (χ0n) is 12.4. The van der Waals surface area contributed by atoms with E-state index in [4.69, 9.17) is 5.73 Å². The van der Waals surface area contributed by atoms with Crippen LogP contribution < -0.4 is 11.1 Å². The highest BCUT2D eigenvalue weighted by molar-refractivity contribution is 8.14. The Morgan fingerprint density at radius 2 is 2.23 bits per heavy atom. The van der Waals surface area contributed by atoms with E-state index in [0.29, 0.717) is 18.5 Å². The second-order valence-electron chi connectivity index (χ2n) is 5.26. The van der Waals surface area contributed by atoms with E-state index in [1.54, 1.807) is 24.3 Å². The molecule has 7 heteroatoms. The second kappa shape index (κ2) is 7.42. The Labute approximate surface area is 133 Å². The summed E-state index contributed by atoms with van der Waals surface area (Å²) in [5, 5.41) is 2.56. The number of nitrogens with zero attached hydrogens (tertiary/aromatic N) is 1. The van der Waals surface area contributed by atoms with Crippen molar-refractivity contribution in [3.8, 4) is 0 Å². The number of hydrogen-bond donors (Lipinski definition) is 2. The largest absolute Gasteiger partial charge is 0.352 e. The first-order chi connectivity index (χ1) is 10.5. The molecule has 1 heterocycles. The number of imide groups is 1. The number of thioether (sulfide) groups is 1. The lowest BCUT2D eigenvalue weighted by Crippen LogP contribution is -2.29. The van der Waals surface area contributed by atoms with Gasteiger partial charge in [-0.25, -0.2) is 0 Å². The van der Waals surface area contributed by atoms with E-state index in [2.05, 4.69) is 5.32 Å². The molecule has 0 bridgehead atoms. The van der Waals surface area contributed by atoms with Crippen LogP contribution in [0.25, 0.3) is 0 Å². The van der Waals surface area contributed by atoms with E-state index in [0.717, 1.165) is 17.3 Å². The van der Waals surface area contributed by atoms with E-state index in [-0.39, 0.29) is 35.4 Å². The summed E-state index contributed by atoms with van der Waals surface area (Å²) in [5.41, 5.74) is 6.90. The Balaban J connectivity index is 1.99. The molecular formula is C15H19N3O3S. The van der Waals surface area contributed by atoms with E-state index in [1.165, 1.54) is 4.90 Å². The molecule has 1 unspecified atom stereocenters. The van der Waals surface area contributed by atoms with Crippen LogP contribution in [0, 0.1) is 0 Å². The van der Waals surface area contributed by atoms with Crippen LogP contribution in [0.3, 0.4) is 0 Å². The number of rotatable bonds is 6. The van der Waals surface area contributed by atoms with Crippen LogP contribution in [0.2, 0.25) is 0 Å². The molecule has 1 aromatic carbocycles. The fourth-order valence-corrected chi connectivity index (χ4v) is 2.77. The molecule has 1 atom stereocenters. The van der Waals surface area contributed by atoms with Crippen molar-refractivity contribution >= 4 is 28.8 Å². The molecular weight excluding hydrogens is 302 g/mol. The van der Waals surface area contributed by atoms with Gasteiger partial charge < -0.3 is 11.1 Å². The lowest BCUT2D eigenvalue weighted by molar-refractivity contribution is -0.125. The van der Waals surface area contributed by atoms with E-state index >= 15 is 0 Å². The average Bonchev–Trinajstić information content (AvgIpc) is 2.79. The van der Waals surface area contributed by atoms with Crippen LogP contribution in [0.1, 0.15) is 29.3 Å². The molecule has 3 amide bonds. The number of benzene rings is 1. The Morgan fingerprint density at radius 1 is 1.45 bits per heavy atom. The number of hydrogen-bond acceptors (Lipinski definition) is 5. The molecule has 1 aromatic rings. The van der Waals surface area contributed by atoms with E-state index in [1.807, 2.05) is 6.92 Å². The zero-order chi connectivity index (χ0) is 16.1. The molecule has 118 valence electrons. The molecule has 0 aromatic heterocycles. The number of carbonyl (C=O) groups is 3. The summed E-state index contributed by atoms with van der Waals surface area (Å²) >= 11 is 1.00. The number of carbonyl (C=O) groups excluding carboxylic acids is 3. The quantitative estimate of drug-likeness (QED) is 0.825. The Hall–Kier alpha value is -1.86. The lowest BCUT2D eigenvalue weighted by Gasteiger charge is -2.13. The molecule has 0 radical (unpaired) electrons. The molecule has 1 aliphatic rings. The van der Waals surface area contributed by atoms with Crippen molar-refractivity contribution in [3.05, 3.63) is 35.4 Å². The number of nitrogens with two attached hydrogens (primary N) is 1. The topological polar surface area (TPSA) is 92.5 Å². The first-order valence-electron chi connectivity index (χ1n) is 7.07.